The maximum Gasteiger partial charge on any atom is 0.230 e. The van der Waals surface area contributed by atoms with Crippen LogP contribution in [0.4, 0.5) is 0 Å². The van der Waals surface area contributed by atoms with Crippen LogP contribution in [0.1, 0.15) is 11.3 Å². The monoisotopic (exact) mass is 257 g/mol. The molecule has 98 valence electrons. The lowest BCUT2D eigenvalue weighted by molar-refractivity contribution is 0.373. The summed E-state index contributed by atoms with van der Waals surface area (Å²) >= 11 is 0. The Labute approximate surface area is 111 Å². The van der Waals surface area contributed by atoms with E-state index in [9.17, 15) is 0 Å². The molecular weight excluding hydrogens is 242 g/mol. The Kier molecular flexibility index (Phi) is 3.66. The number of methoxy groups -OCH3 is 1. The Balaban J connectivity index is 2.42. The molecule has 19 heavy (non-hydrogen) atoms. The van der Waals surface area contributed by atoms with Crippen molar-refractivity contribution in [3.63, 3.8) is 0 Å². The minimum atomic E-state index is -0.0857. The molecule has 5 nitrogen and oxygen atoms in total. The van der Waals surface area contributed by atoms with Crippen molar-refractivity contribution in [2.45, 2.75) is 6.92 Å². The van der Waals surface area contributed by atoms with Gasteiger partial charge in [-0.25, -0.2) is 4.98 Å². The SMILES string of the molecule is COc1ccccc1Oc1nc(C)ccc1C(=N)N. The first-order valence-electron chi connectivity index (χ1n) is 5.74. The van der Waals surface area contributed by atoms with E-state index in [1.807, 2.05) is 19.1 Å². The number of hydrogen-bond donors (Lipinski definition) is 2. The first-order valence-corrected chi connectivity index (χ1v) is 5.74. The van der Waals surface area contributed by atoms with Crippen LogP contribution >= 0.6 is 0 Å². The first-order chi connectivity index (χ1) is 9.11. The number of aromatic nitrogens is 1. The van der Waals surface area contributed by atoms with Gasteiger partial charge in [0.2, 0.25) is 5.88 Å². The maximum atomic E-state index is 7.54. The Morgan fingerprint density at radius 3 is 2.47 bits per heavy atom. The standard InChI is InChI=1S/C14H15N3O2/c1-9-7-8-10(13(15)16)14(17-9)19-12-6-4-3-5-11(12)18-2/h3-8H,1-2H3,(H3,15,16). The number of nitrogen functional groups attached to an aromatic ring is 1. The first kappa shape index (κ1) is 12.9. The van der Waals surface area contributed by atoms with Crippen molar-refractivity contribution in [2.75, 3.05) is 7.11 Å². The van der Waals surface area contributed by atoms with Crippen LogP contribution in [0.5, 0.6) is 17.4 Å². The lowest BCUT2D eigenvalue weighted by Gasteiger charge is -2.12. The number of pyridine rings is 1. The fourth-order valence-electron chi connectivity index (χ4n) is 1.62. The van der Waals surface area contributed by atoms with Gasteiger partial charge in [0.15, 0.2) is 11.5 Å². The van der Waals surface area contributed by atoms with E-state index in [4.69, 9.17) is 20.6 Å². The largest absolute Gasteiger partial charge is 0.493 e. The van der Waals surface area contributed by atoms with Crippen molar-refractivity contribution >= 4 is 5.84 Å². The third kappa shape index (κ3) is 2.82. The molecule has 0 amide bonds. The van der Waals surface area contributed by atoms with Crippen molar-refractivity contribution < 1.29 is 9.47 Å². The van der Waals surface area contributed by atoms with Gasteiger partial charge in [-0.15, -0.1) is 0 Å². The molecular formula is C14H15N3O2. The number of hydrogen-bond acceptors (Lipinski definition) is 4. The van der Waals surface area contributed by atoms with E-state index in [2.05, 4.69) is 4.98 Å². The molecule has 0 aliphatic heterocycles. The van der Waals surface area contributed by atoms with Crippen LogP contribution in [-0.4, -0.2) is 17.9 Å². The molecule has 5 heteroatoms. The molecule has 1 aromatic heterocycles. The number of nitrogens with one attached hydrogen (secondary N) is 1. The molecule has 2 aromatic rings. The third-order valence-electron chi connectivity index (χ3n) is 2.57. The highest BCUT2D eigenvalue weighted by Gasteiger charge is 2.12. The Bertz CT molecular complexity index is 611. The van der Waals surface area contributed by atoms with E-state index in [1.165, 1.54) is 0 Å². The lowest BCUT2D eigenvalue weighted by Crippen LogP contribution is -2.13. The quantitative estimate of drug-likeness (QED) is 0.651. The summed E-state index contributed by atoms with van der Waals surface area (Å²) in [7, 11) is 1.57. The molecule has 0 radical (unpaired) electrons. The average Bonchev–Trinajstić information content (AvgIpc) is 2.39. The van der Waals surface area contributed by atoms with Gasteiger partial charge in [0.05, 0.1) is 12.7 Å². The zero-order valence-corrected chi connectivity index (χ0v) is 10.8. The second-order valence-corrected chi connectivity index (χ2v) is 3.97. The summed E-state index contributed by atoms with van der Waals surface area (Å²) in [6.07, 6.45) is 0. The highest BCUT2D eigenvalue weighted by molar-refractivity contribution is 5.97. The normalized spacial score (nSPS) is 10.0. The summed E-state index contributed by atoms with van der Waals surface area (Å²) < 4.78 is 10.9. The number of rotatable bonds is 4. The lowest BCUT2D eigenvalue weighted by atomic mass is 10.2. The van der Waals surface area contributed by atoms with E-state index < -0.39 is 0 Å². The predicted molar refractivity (Wildman–Crippen MR) is 73.1 cm³/mol. The van der Waals surface area contributed by atoms with Crippen LogP contribution in [0.15, 0.2) is 36.4 Å². The highest BCUT2D eigenvalue weighted by Crippen LogP contribution is 2.31. The van der Waals surface area contributed by atoms with Crippen molar-refractivity contribution in [2.24, 2.45) is 5.73 Å². The Morgan fingerprint density at radius 1 is 1.16 bits per heavy atom. The van der Waals surface area contributed by atoms with Crippen molar-refractivity contribution in [1.29, 1.82) is 5.41 Å². The van der Waals surface area contributed by atoms with Crippen molar-refractivity contribution in [3.8, 4) is 17.4 Å². The van der Waals surface area contributed by atoms with Gasteiger partial charge in [-0.1, -0.05) is 12.1 Å². The molecule has 2 rings (SSSR count). The summed E-state index contributed by atoms with van der Waals surface area (Å²) in [6, 6.07) is 10.7. The van der Waals surface area contributed by atoms with Gasteiger partial charge in [0.25, 0.3) is 0 Å². The summed E-state index contributed by atoms with van der Waals surface area (Å²) in [5, 5.41) is 7.54. The molecule has 0 saturated carbocycles. The molecule has 1 aromatic carbocycles. The van der Waals surface area contributed by atoms with E-state index in [-0.39, 0.29) is 5.84 Å². The topological polar surface area (TPSA) is 81.2 Å². The van der Waals surface area contributed by atoms with Crippen LogP contribution in [0.2, 0.25) is 0 Å². The highest BCUT2D eigenvalue weighted by atomic mass is 16.5. The Morgan fingerprint density at radius 2 is 1.84 bits per heavy atom. The fourth-order valence-corrected chi connectivity index (χ4v) is 1.62. The predicted octanol–water partition coefficient (Wildman–Crippen LogP) is 2.47. The molecule has 1 heterocycles. The minimum absolute atomic E-state index is 0.0857. The van der Waals surface area contributed by atoms with Gasteiger partial charge >= 0.3 is 0 Å². The molecule has 0 fully saturated rings. The molecule has 0 bridgehead atoms. The number of ether oxygens (including phenoxy) is 2. The molecule has 0 atom stereocenters. The number of benzene rings is 1. The number of aryl methyl sites for hydroxylation is 1. The smallest absolute Gasteiger partial charge is 0.230 e. The average molecular weight is 257 g/mol. The van der Waals surface area contributed by atoms with Gasteiger partial charge in [0, 0.05) is 5.69 Å². The van der Waals surface area contributed by atoms with E-state index in [0.29, 0.717) is 22.9 Å². The third-order valence-corrected chi connectivity index (χ3v) is 2.57. The minimum Gasteiger partial charge on any atom is -0.493 e. The number of amidine groups is 1. The van der Waals surface area contributed by atoms with Gasteiger partial charge in [-0.2, -0.15) is 0 Å². The van der Waals surface area contributed by atoms with Crippen molar-refractivity contribution in [3.05, 3.63) is 47.7 Å². The zero-order chi connectivity index (χ0) is 13.8. The molecule has 3 N–H and O–H groups in total. The van der Waals surface area contributed by atoms with Crippen LogP contribution in [0.3, 0.4) is 0 Å². The summed E-state index contributed by atoms with van der Waals surface area (Å²) in [5.41, 5.74) is 6.76. The van der Waals surface area contributed by atoms with E-state index >= 15 is 0 Å². The number of nitrogens with zero attached hydrogens (tertiary/aromatic N) is 1. The number of para-hydroxylation sites is 2. The van der Waals surface area contributed by atoms with Gasteiger partial charge < -0.3 is 15.2 Å². The zero-order valence-electron chi connectivity index (χ0n) is 10.8. The molecule has 0 saturated heterocycles. The summed E-state index contributed by atoms with van der Waals surface area (Å²) in [5.74, 6) is 1.35. The molecule has 0 spiro atoms. The van der Waals surface area contributed by atoms with Crippen LogP contribution in [0, 0.1) is 12.3 Å². The summed E-state index contributed by atoms with van der Waals surface area (Å²) in [6.45, 7) is 1.85. The molecule has 0 unspecified atom stereocenters. The molecule has 0 aliphatic carbocycles. The second-order valence-electron chi connectivity index (χ2n) is 3.97. The van der Waals surface area contributed by atoms with Crippen LogP contribution in [0.25, 0.3) is 0 Å². The Hall–Kier alpha value is -2.56. The van der Waals surface area contributed by atoms with Crippen molar-refractivity contribution in [1.82, 2.24) is 4.98 Å². The van der Waals surface area contributed by atoms with E-state index in [0.717, 1.165) is 5.69 Å². The van der Waals surface area contributed by atoms with Gasteiger partial charge in [-0.3, -0.25) is 5.41 Å². The molecule has 0 aliphatic rings. The van der Waals surface area contributed by atoms with Crippen LogP contribution < -0.4 is 15.2 Å². The summed E-state index contributed by atoms with van der Waals surface area (Å²) in [4.78, 5) is 4.27. The number of nitrogens with two attached hydrogens (primary N) is 1. The van der Waals surface area contributed by atoms with Gasteiger partial charge in [-0.05, 0) is 31.2 Å². The van der Waals surface area contributed by atoms with E-state index in [1.54, 1.807) is 31.4 Å². The fraction of sp³-hybridized carbons (Fsp3) is 0.143. The van der Waals surface area contributed by atoms with Gasteiger partial charge in [0.1, 0.15) is 5.84 Å². The van der Waals surface area contributed by atoms with Crippen LogP contribution in [-0.2, 0) is 0 Å². The maximum absolute atomic E-state index is 7.54. The second kappa shape index (κ2) is 5.39.